The molecule has 2 aromatic rings. The van der Waals surface area contributed by atoms with Gasteiger partial charge in [0.15, 0.2) is 0 Å². The largest absolute Gasteiger partial charge is 0.310 e. The van der Waals surface area contributed by atoms with E-state index >= 15 is 0 Å². The Hall–Kier alpha value is -1.38. The Bertz CT molecular complexity index is 598. The predicted octanol–water partition coefficient (Wildman–Crippen LogP) is 5.07. The van der Waals surface area contributed by atoms with E-state index in [4.69, 9.17) is 11.6 Å². The number of hydrogen-bond acceptors (Lipinski definition) is 1. The molecule has 1 nitrogen and oxygen atoms in total. The van der Waals surface area contributed by atoms with Gasteiger partial charge >= 0.3 is 0 Å². The first-order valence-corrected chi connectivity index (χ1v) is 7.72. The molecule has 1 atom stereocenters. The molecule has 0 aliphatic rings. The molecule has 0 aromatic heterocycles. The second-order valence-corrected chi connectivity index (χ2v) is 5.71. The molecule has 0 aliphatic heterocycles. The van der Waals surface area contributed by atoms with Crippen molar-refractivity contribution in [1.29, 1.82) is 0 Å². The molecular weight excluding hydrogens is 285 g/mol. The van der Waals surface area contributed by atoms with Crippen LogP contribution in [0.4, 0.5) is 4.39 Å². The molecular formula is C18H21ClFN. The summed E-state index contributed by atoms with van der Waals surface area (Å²) in [6, 6.07) is 12.9. The van der Waals surface area contributed by atoms with Gasteiger partial charge in [-0.1, -0.05) is 42.8 Å². The lowest BCUT2D eigenvalue weighted by Crippen LogP contribution is -2.24. The Balaban J connectivity index is 2.30. The highest BCUT2D eigenvalue weighted by Gasteiger charge is 2.16. The monoisotopic (exact) mass is 305 g/mol. The minimum atomic E-state index is -0.248. The topological polar surface area (TPSA) is 12.0 Å². The van der Waals surface area contributed by atoms with Crippen LogP contribution in [0.2, 0.25) is 5.02 Å². The lowest BCUT2D eigenvalue weighted by molar-refractivity contribution is 0.523. The quantitative estimate of drug-likeness (QED) is 0.785. The molecule has 0 radical (unpaired) electrons. The van der Waals surface area contributed by atoms with Crippen molar-refractivity contribution in [2.45, 2.75) is 32.7 Å². The van der Waals surface area contributed by atoms with Gasteiger partial charge in [-0.15, -0.1) is 0 Å². The van der Waals surface area contributed by atoms with Crippen LogP contribution in [-0.2, 0) is 6.42 Å². The van der Waals surface area contributed by atoms with Gasteiger partial charge in [-0.05, 0) is 61.2 Å². The molecule has 0 heterocycles. The summed E-state index contributed by atoms with van der Waals surface area (Å²) in [5, 5.41) is 4.09. The maximum atomic E-state index is 13.6. The zero-order valence-electron chi connectivity index (χ0n) is 12.5. The first-order chi connectivity index (χ1) is 10.1. The summed E-state index contributed by atoms with van der Waals surface area (Å²) in [7, 11) is 0. The third kappa shape index (κ3) is 4.29. The second kappa shape index (κ2) is 7.58. The molecule has 1 N–H and O–H groups in total. The van der Waals surface area contributed by atoms with Gasteiger partial charge in [0.2, 0.25) is 0 Å². The first-order valence-electron chi connectivity index (χ1n) is 7.34. The molecule has 2 aromatic carbocycles. The van der Waals surface area contributed by atoms with Crippen LogP contribution in [0.1, 0.15) is 36.1 Å². The van der Waals surface area contributed by atoms with Crippen molar-refractivity contribution in [2.24, 2.45) is 0 Å². The molecule has 0 amide bonds. The summed E-state index contributed by atoms with van der Waals surface area (Å²) in [5.41, 5.74) is 3.33. The molecule has 0 spiro atoms. The highest BCUT2D eigenvalue weighted by Crippen LogP contribution is 2.27. The SMILES string of the molecule is CCCNC(Cc1ccccc1C)c1cc(F)ccc1Cl. The maximum absolute atomic E-state index is 13.6. The molecule has 2 rings (SSSR count). The van der Waals surface area contributed by atoms with E-state index in [0.29, 0.717) is 5.02 Å². The van der Waals surface area contributed by atoms with Gasteiger partial charge < -0.3 is 5.32 Å². The molecule has 0 fully saturated rings. The van der Waals surface area contributed by atoms with Crippen molar-refractivity contribution in [3.8, 4) is 0 Å². The highest BCUT2D eigenvalue weighted by atomic mass is 35.5. The van der Waals surface area contributed by atoms with Crippen molar-refractivity contribution in [1.82, 2.24) is 5.32 Å². The van der Waals surface area contributed by atoms with E-state index in [9.17, 15) is 4.39 Å². The molecule has 1 unspecified atom stereocenters. The van der Waals surface area contributed by atoms with Gasteiger partial charge in [-0.2, -0.15) is 0 Å². The summed E-state index contributed by atoms with van der Waals surface area (Å²) in [4.78, 5) is 0. The summed E-state index contributed by atoms with van der Waals surface area (Å²) < 4.78 is 13.6. The number of nitrogens with one attached hydrogen (secondary N) is 1. The normalized spacial score (nSPS) is 12.4. The Morgan fingerprint density at radius 3 is 2.67 bits per heavy atom. The lowest BCUT2D eigenvalue weighted by atomic mass is 9.96. The van der Waals surface area contributed by atoms with E-state index < -0.39 is 0 Å². The third-order valence-electron chi connectivity index (χ3n) is 3.66. The van der Waals surface area contributed by atoms with E-state index in [-0.39, 0.29) is 11.9 Å². The van der Waals surface area contributed by atoms with E-state index in [1.165, 1.54) is 23.3 Å². The smallest absolute Gasteiger partial charge is 0.123 e. The molecule has 112 valence electrons. The second-order valence-electron chi connectivity index (χ2n) is 5.30. The minimum Gasteiger partial charge on any atom is -0.310 e. The van der Waals surface area contributed by atoms with Crippen LogP contribution in [0.5, 0.6) is 0 Å². The Kier molecular flexibility index (Phi) is 5.77. The highest BCUT2D eigenvalue weighted by molar-refractivity contribution is 6.31. The van der Waals surface area contributed by atoms with Gasteiger partial charge in [0.05, 0.1) is 0 Å². The summed E-state index contributed by atoms with van der Waals surface area (Å²) >= 11 is 6.27. The van der Waals surface area contributed by atoms with Crippen LogP contribution in [0.15, 0.2) is 42.5 Å². The zero-order chi connectivity index (χ0) is 15.2. The predicted molar refractivity (Wildman–Crippen MR) is 87.3 cm³/mol. The summed E-state index contributed by atoms with van der Waals surface area (Å²) in [6.45, 7) is 5.09. The Morgan fingerprint density at radius 1 is 1.19 bits per heavy atom. The number of benzene rings is 2. The van der Waals surface area contributed by atoms with Crippen molar-refractivity contribution in [3.63, 3.8) is 0 Å². The van der Waals surface area contributed by atoms with E-state index in [1.54, 1.807) is 6.07 Å². The zero-order valence-corrected chi connectivity index (χ0v) is 13.3. The van der Waals surface area contributed by atoms with Crippen molar-refractivity contribution < 1.29 is 4.39 Å². The number of hydrogen-bond donors (Lipinski definition) is 1. The van der Waals surface area contributed by atoms with Crippen LogP contribution in [0.25, 0.3) is 0 Å². The average molecular weight is 306 g/mol. The van der Waals surface area contributed by atoms with Crippen molar-refractivity contribution in [3.05, 3.63) is 70.0 Å². The van der Waals surface area contributed by atoms with Crippen molar-refractivity contribution >= 4 is 11.6 Å². The van der Waals surface area contributed by atoms with Crippen LogP contribution in [0.3, 0.4) is 0 Å². The fourth-order valence-corrected chi connectivity index (χ4v) is 2.70. The van der Waals surface area contributed by atoms with Gasteiger partial charge in [0.1, 0.15) is 5.82 Å². The van der Waals surface area contributed by atoms with E-state index in [2.05, 4.69) is 31.3 Å². The standard InChI is InChI=1S/C18H21ClFN/c1-3-10-21-18(11-14-7-5-4-6-13(14)2)16-12-15(20)8-9-17(16)19/h4-9,12,18,21H,3,10-11H2,1-2H3. The summed E-state index contributed by atoms with van der Waals surface area (Å²) in [5.74, 6) is -0.248. The molecule has 21 heavy (non-hydrogen) atoms. The molecule has 3 heteroatoms. The maximum Gasteiger partial charge on any atom is 0.123 e. The number of rotatable bonds is 6. The Morgan fingerprint density at radius 2 is 1.95 bits per heavy atom. The van der Waals surface area contributed by atoms with Crippen LogP contribution < -0.4 is 5.32 Å². The van der Waals surface area contributed by atoms with Crippen LogP contribution >= 0.6 is 11.6 Å². The lowest BCUT2D eigenvalue weighted by Gasteiger charge is -2.21. The van der Waals surface area contributed by atoms with E-state index in [0.717, 1.165) is 24.9 Å². The molecule has 0 saturated heterocycles. The van der Waals surface area contributed by atoms with E-state index in [1.807, 2.05) is 12.1 Å². The fraction of sp³-hybridized carbons (Fsp3) is 0.333. The van der Waals surface area contributed by atoms with Gasteiger partial charge in [-0.3, -0.25) is 0 Å². The van der Waals surface area contributed by atoms with Gasteiger partial charge in [0.25, 0.3) is 0 Å². The van der Waals surface area contributed by atoms with Crippen LogP contribution in [0, 0.1) is 12.7 Å². The average Bonchev–Trinajstić information content (AvgIpc) is 2.48. The molecule has 0 saturated carbocycles. The fourth-order valence-electron chi connectivity index (χ4n) is 2.45. The Labute approximate surface area is 131 Å². The van der Waals surface area contributed by atoms with Gasteiger partial charge in [-0.25, -0.2) is 4.39 Å². The van der Waals surface area contributed by atoms with Crippen LogP contribution in [-0.4, -0.2) is 6.54 Å². The number of aryl methyl sites for hydroxylation is 1. The van der Waals surface area contributed by atoms with Crippen molar-refractivity contribution in [2.75, 3.05) is 6.54 Å². The molecule has 0 bridgehead atoms. The third-order valence-corrected chi connectivity index (χ3v) is 4.00. The number of halogens is 2. The van der Waals surface area contributed by atoms with Gasteiger partial charge in [0, 0.05) is 11.1 Å². The summed E-state index contributed by atoms with van der Waals surface area (Å²) in [6.07, 6.45) is 1.83. The minimum absolute atomic E-state index is 0.0225. The molecule has 0 aliphatic carbocycles. The first kappa shape index (κ1) is 16.0.